The monoisotopic (exact) mass is 230 g/mol. The molecule has 0 aromatic carbocycles. The summed E-state index contributed by atoms with van der Waals surface area (Å²) in [6.07, 6.45) is 6.81. The molecule has 90 valence electrons. The van der Waals surface area contributed by atoms with Crippen LogP contribution in [-0.4, -0.2) is 23.0 Å². The highest BCUT2D eigenvalue weighted by molar-refractivity contribution is 5.73. The van der Waals surface area contributed by atoms with Gasteiger partial charge in [0.1, 0.15) is 5.82 Å². The summed E-state index contributed by atoms with van der Waals surface area (Å²) in [5.41, 5.74) is 1.92. The summed E-state index contributed by atoms with van der Waals surface area (Å²) in [6, 6.07) is 2.51. The Morgan fingerprint density at radius 2 is 2.53 bits per heavy atom. The Kier molecular flexibility index (Phi) is 3.42. The van der Waals surface area contributed by atoms with Gasteiger partial charge in [0.15, 0.2) is 0 Å². The second-order valence-electron chi connectivity index (χ2n) is 4.19. The molecular formula is C13H18N4. The standard InChI is InChI=1S/C13H18N4/c1-4-5-11(9-14-3)12-8-13-15-7-6-10(2)17(13)16-12/h4-5,8-10,15H,3,6-7H2,1-2H3/b5-4-,11-9+. The molecule has 17 heavy (non-hydrogen) atoms. The summed E-state index contributed by atoms with van der Waals surface area (Å²) in [5.74, 6) is 1.08. The number of aliphatic imine (C=N–C) groups is 1. The first-order valence-corrected chi connectivity index (χ1v) is 5.88. The predicted molar refractivity (Wildman–Crippen MR) is 72.4 cm³/mol. The van der Waals surface area contributed by atoms with E-state index in [4.69, 9.17) is 0 Å². The minimum absolute atomic E-state index is 0.448. The molecule has 0 fully saturated rings. The number of allylic oxidation sites excluding steroid dienone is 3. The van der Waals surface area contributed by atoms with Crippen LogP contribution in [0.15, 0.2) is 29.4 Å². The summed E-state index contributed by atoms with van der Waals surface area (Å²) in [4.78, 5) is 3.82. The van der Waals surface area contributed by atoms with Crippen molar-refractivity contribution in [3.8, 4) is 0 Å². The smallest absolute Gasteiger partial charge is 0.125 e. The normalized spacial score (nSPS) is 20.1. The molecular weight excluding hydrogens is 212 g/mol. The highest BCUT2D eigenvalue weighted by Crippen LogP contribution is 2.26. The average Bonchev–Trinajstić information content (AvgIpc) is 2.74. The largest absolute Gasteiger partial charge is 0.370 e. The molecule has 0 saturated carbocycles. The van der Waals surface area contributed by atoms with E-state index in [0.717, 1.165) is 30.1 Å². The van der Waals surface area contributed by atoms with E-state index in [0.29, 0.717) is 6.04 Å². The van der Waals surface area contributed by atoms with E-state index < -0.39 is 0 Å². The number of hydrogen-bond donors (Lipinski definition) is 1. The van der Waals surface area contributed by atoms with Gasteiger partial charge >= 0.3 is 0 Å². The lowest BCUT2D eigenvalue weighted by molar-refractivity contribution is 0.452. The van der Waals surface area contributed by atoms with Gasteiger partial charge < -0.3 is 5.32 Å². The molecule has 1 aromatic rings. The fourth-order valence-electron chi connectivity index (χ4n) is 2.01. The molecule has 1 atom stereocenters. The van der Waals surface area contributed by atoms with Gasteiger partial charge in [-0.15, -0.1) is 0 Å². The van der Waals surface area contributed by atoms with Gasteiger partial charge in [-0.2, -0.15) is 5.10 Å². The Bertz CT molecular complexity index is 468. The maximum atomic E-state index is 4.62. The third-order valence-corrected chi connectivity index (χ3v) is 2.89. The molecule has 0 aliphatic carbocycles. The maximum absolute atomic E-state index is 4.62. The third-order valence-electron chi connectivity index (χ3n) is 2.89. The molecule has 0 spiro atoms. The van der Waals surface area contributed by atoms with Crippen molar-refractivity contribution in [3.63, 3.8) is 0 Å². The van der Waals surface area contributed by atoms with E-state index in [1.165, 1.54) is 0 Å². The summed E-state index contributed by atoms with van der Waals surface area (Å²) in [5, 5.41) is 7.97. The van der Waals surface area contributed by atoms with Crippen LogP contribution in [0.2, 0.25) is 0 Å². The summed E-state index contributed by atoms with van der Waals surface area (Å²) >= 11 is 0. The zero-order valence-electron chi connectivity index (χ0n) is 10.3. The first kappa shape index (κ1) is 11.6. The van der Waals surface area contributed by atoms with E-state index in [1.54, 1.807) is 6.20 Å². The Morgan fingerprint density at radius 1 is 1.71 bits per heavy atom. The average molecular weight is 230 g/mol. The summed E-state index contributed by atoms with van der Waals surface area (Å²) in [6.45, 7) is 8.67. The van der Waals surface area contributed by atoms with E-state index in [9.17, 15) is 0 Å². The number of rotatable bonds is 3. The molecule has 2 heterocycles. The van der Waals surface area contributed by atoms with Crippen LogP contribution in [0.4, 0.5) is 5.82 Å². The van der Waals surface area contributed by atoms with Crippen molar-refractivity contribution < 1.29 is 0 Å². The first-order valence-electron chi connectivity index (χ1n) is 5.88. The van der Waals surface area contributed by atoms with Crippen molar-refractivity contribution in [2.24, 2.45) is 4.99 Å². The fourth-order valence-corrected chi connectivity index (χ4v) is 2.01. The topological polar surface area (TPSA) is 42.2 Å². The van der Waals surface area contributed by atoms with Crippen LogP contribution in [0.3, 0.4) is 0 Å². The maximum Gasteiger partial charge on any atom is 0.125 e. The predicted octanol–water partition coefficient (Wildman–Crippen LogP) is 2.88. The second kappa shape index (κ2) is 4.99. The van der Waals surface area contributed by atoms with E-state index in [2.05, 4.69) is 35.1 Å². The molecule has 1 N–H and O–H groups in total. The van der Waals surface area contributed by atoms with Gasteiger partial charge in [0.05, 0.1) is 11.7 Å². The molecule has 0 radical (unpaired) electrons. The lowest BCUT2D eigenvalue weighted by Gasteiger charge is -2.21. The molecule has 2 rings (SSSR count). The van der Waals surface area contributed by atoms with Gasteiger partial charge in [-0.1, -0.05) is 12.2 Å². The van der Waals surface area contributed by atoms with Crippen molar-refractivity contribution in [3.05, 3.63) is 30.1 Å². The first-order chi connectivity index (χ1) is 8.26. The molecule has 1 aliphatic heterocycles. The highest BCUT2D eigenvalue weighted by atomic mass is 15.4. The number of hydrogen-bond acceptors (Lipinski definition) is 3. The molecule has 0 amide bonds. The van der Waals surface area contributed by atoms with Crippen molar-refractivity contribution in [1.29, 1.82) is 0 Å². The van der Waals surface area contributed by atoms with E-state index in [-0.39, 0.29) is 0 Å². The fraction of sp³-hybridized carbons (Fsp3) is 0.385. The Hall–Kier alpha value is -1.84. The van der Waals surface area contributed by atoms with E-state index in [1.807, 2.05) is 23.8 Å². The zero-order valence-corrected chi connectivity index (χ0v) is 10.3. The van der Waals surface area contributed by atoms with Gasteiger partial charge in [0.25, 0.3) is 0 Å². The summed E-state index contributed by atoms with van der Waals surface area (Å²) in [7, 11) is 0. The highest BCUT2D eigenvalue weighted by Gasteiger charge is 2.18. The zero-order chi connectivity index (χ0) is 12.3. The van der Waals surface area contributed by atoms with Gasteiger partial charge in [-0.05, 0) is 27.0 Å². The number of anilines is 1. The molecule has 1 aliphatic rings. The quantitative estimate of drug-likeness (QED) is 0.641. The van der Waals surface area contributed by atoms with Crippen molar-refractivity contribution in [2.75, 3.05) is 11.9 Å². The van der Waals surface area contributed by atoms with Crippen LogP contribution >= 0.6 is 0 Å². The van der Waals surface area contributed by atoms with Crippen molar-refractivity contribution >= 4 is 18.1 Å². The van der Waals surface area contributed by atoms with Crippen molar-refractivity contribution in [1.82, 2.24) is 9.78 Å². The lowest BCUT2D eigenvalue weighted by Crippen LogP contribution is -2.21. The molecule has 1 unspecified atom stereocenters. The molecule has 4 nitrogen and oxygen atoms in total. The number of nitrogens with one attached hydrogen (secondary N) is 1. The van der Waals surface area contributed by atoms with Gasteiger partial charge in [0.2, 0.25) is 0 Å². The lowest BCUT2D eigenvalue weighted by atomic mass is 10.2. The minimum atomic E-state index is 0.448. The number of aromatic nitrogens is 2. The Morgan fingerprint density at radius 3 is 3.18 bits per heavy atom. The molecule has 0 saturated heterocycles. The van der Waals surface area contributed by atoms with Gasteiger partial charge in [0, 0.05) is 24.4 Å². The molecule has 0 bridgehead atoms. The molecule has 1 aromatic heterocycles. The van der Waals surface area contributed by atoms with Crippen LogP contribution in [0.25, 0.3) is 5.57 Å². The third kappa shape index (κ3) is 2.30. The second-order valence-corrected chi connectivity index (χ2v) is 4.19. The van der Waals surface area contributed by atoms with Crippen LogP contribution in [0.5, 0.6) is 0 Å². The van der Waals surface area contributed by atoms with E-state index >= 15 is 0 Å². The van der Waals surface area contributed by atoms with Crippen LogP contribution in [0.1, 0.15) is 32.0 Å². The van der Waals surface area contributed by atoms with Crippen molar-refractivity contribution in [2.45, 2.75) is 26.3 Å². The SMILES string of the molecule is C=N/C=C(\C=C/C)c1cc2n(n1)C(C)CCN2. The van der Waals surface area contributed by atoms with Gasteiger partial charge in [-0.3, -0.25) is 4.99 Å². The van der Waals surface area contributed by atoms with Gasteiger partial charge in [-0.25, -0.2) is 4.68 Å². The molecule has 4 heteroatoms. The Balaban J connectivity index is 2.39. The summed E-state index contributed by atoms with van der Waals surface area (Å²) < 4.78 is 2.04. The number of fused-ring (bicyclic) bond motifs is 1. The Labute approximate surface area is 102 Å². The number of nitrogens with zero attached hydrogens (tertiary/aromatic N) is 3. The minimum Gasteiger partial charge on any atom is -0.370 e. The van der Waals surface area contributed by atoms with Crippen LogP contribution in [0, 0.1) is 0 Å². The van der Waals surface area contributed by atoms with Crippen LogP contribution < -0.4 is 5.32 Å². The van der Waals surface area contributed by atoms with Crippen LogP contribution in [-0.2, 0) is 0 Å².